The number of amides is 2. The molecule has 0 radical (unpaired) electrons. The summed E-state index contributed by atoms with van der Waals surface area (Å²) in [4.78, 5) is 27.3. The van der Waals surface area contributed by atoms with Crippen LogP contribution in [0.4, 0.5) is 5.69 Å². The highest BCUT2D eigenvalue weighted by Gasteiger charge is 2.30. The Balaban J connectivity index is 0.00000161. The van der Waals surface area contributed by atoms with Crippen LogP contribution in [-0.4, -0.2) is 35.1 Å². The summed E-state index contributed by atoms with van der Waals surface area (Å²) in [6, 6.07) is 7.73. The molecular weight excluding hydrogens is 308 g/mol. The number of anilines is 1. The summed E-state index contributed by atoms with van der Waals surface area (Å²) in [6.45, 7) is 1.68. The first kappa shape index (κ1) is 16.2. The molecule has 0 saturated carbocycles. The predicted molar refractivity (Wildman–Crippen MR) is 87.0 cm³/mol. The fourth-order valence-corrected chi connectivity index (χ4v) is 3.76. The van der Waals surface area contributed by atoms with Gasteiger partial charge in [0.05, 0.1) is 10.9 Å². The van der Waals surface area contributed by atoms with Crippen molar-refractivity contribution >= 4 is 41.7 Å². The molecule has 1 saturated heterocycles. The molecule has 1 fully saturated rings. The van der Waals surface area contributed by atoms with Gasteiger partial charge in [0.1, 0.15) is 0 Å². The molecular formula is C15H19ClN2O2S. The van der Waals surface area contributed by atoms with Crippen molar-refractivity contribution < 1.29 is 9.59 Å². The van der Waals surface area contributed by atoms with Gasteiger partial charge in [-0.15, -0.1) is 24.2 Å². The number of benzene rings is 1. The molecule has 4 nitrogen and oxygen atoms in total. The van der Waals surface area contributed by atoms with Crippen molar-refractivity contribution in [1.29, 1.82) is 0 Å². The Morgan fingerprint density at radius 1 is 1.24 bits per heavy atom. The van der Waals surface area contributed by atoms with Gasteiger partial charge in [-0.3, -0.25) is 9.59 Å². The lowest BCUT2D eigenvalue weighted by Gasteiger charge is -2.29. The van der Waals surface area contributed by atoms with Crippen LogP contribution in [0.2, 0.25) is 0 Å². The molecule has 1 atom stereocenters. The number of carbonyl (C=O) groups is 2. The largest absolute Gasteiger partial charge is 0.343 e. The van der Waals surface area contributed by atoms with Crippen molar-refractivity contribution in [2.75, 3.05) is 18.4 Å². The number of fused-ring (bicyclic) bond motifs is 1. The van der Waals surface area contributed by atoms with Crippen molar-refractivity contribution in [2.24, 2.45) is 0 Å². The third-order valence-electron chi connectivity index (χ3n) is 3.78. The highest BCUT2D eigenvalue weighted by atomic mass is 35.5. The van der Waals surface area contributed by atoms with Crippen LogP contribution >= 0.6 is 24.2 Å². The van der Waals surface area contributed by atoms with Crippen LogP contribution in [0.25, 0.3) is 0 Å². The maximum atomic E-state index is 12.3. The summed E-state index contributed by atoms with van der Waals surface area (Å²) in [7, 11) is 0. The zero-order valence-corrected chi connectivity index (χ0v) is 13.3. The average Bonchev–Trinajstić information content (AvgIpc) is 2.49. The summed E-state index contributed by atoms with van der Waals surface area (Å²) in [6.07, 6.45) is 3.66. The van der Waals surface area contributed by atoms with Gasteiger partial charge in [0.2, 0.25) is 11.8 Å². The molecule has 0 aromatic heterocycles. The second-order valence-corrected chi connectivity index (χ2v) is 6.48. The zero-order valence-electron chi connectivity index (χ0n) is 11.7. The van der Waals surface area contributed by atoms with Gasteiger partial charge in [-0.1, -0.05) is 12.1 Å². The number of nitrogens with one attached hydrogen (secondary N) is 1. The van der Waals surface area contributed by atoms with E-state index in [-0.39, 0.29) is 29.5 Å². The lowest BCUT2D eigenvalue weighted by molar-refractivity contribution is -0.133. The summed E-state index contributed by atoms with van der Waals surface area (Å²) < 4.78 is 0. The molecule has 2 amide bonds. The number of thioether (sulfide) groups is 1. The Morgan fingerprint density at radius 3 is 2.71 bits per heavy atom. The van der Waals surface area contributed by atoms with E-state index in [0.29, 0.717) is 6.42 Å². The van der Waals surface area contributed by atoms with E-state index < -0.39 is 0 Å². The normalized spacial score (nSPS) is 21.0. The molecule has 0 spiro atoms. The van der Waals surface area contributed by atoms with Gasteiger partial charge in [0, 0.05) is 24.4 Å². The van der Waals surface area contributed by atoms with E-state index in [1.807, 2.05) is 29.2 Å². The molecule has 3 rings (SSSR count). The van der Waals surface area contributed by atoms with Crippen LogP contribution in [0, 0.1) is 0 Å². The third kappa shape index (κ3) is 3.71. The molecule has 1 N–H and O–H groups in total. The molecule has 1 aromatic rings. The zero-order chi connectivity index (χ0) is 13.9. The highest BCUT2D eigenvalue weighted by Crippen LogP contribution is 2.36. The fraction of sp³-hybridized carbons (Fsp3) is 0.467. The second-order valence-electron chi connectivity index (χ2n) is 5.24. The van der Waals surface area contributed by atoms with Gasteiger partial charge in [-0.25, -0.2) is 0 Å². The molecule has 114 valence electrons. The van der Waals surface area contributed by atoms with E-state index >= 15 is 0 Å². The molecule has 2 heterocycles. The molecule has 0 aliphatic carbocycles. The molecule has 2 aliphatic heterocycles. The van der Waals surface area contributed by atoms with Crippen molar-refractivity contribution in [3.05, 3.63) is 24.3 Å². The lowest BCUT2D eigenvalue weighted by atomic mass is 10.1. The number of halogens is 1. The Morgan fingerprint density at radius 2 is 1.95 bits per heavy atom. The number of hydrogen-bond acceptors (Lipinski definition) is 3. The summed E-state index contributed by atoms with van der Waals surface area (Å²) in [5.41, 5.74) is 0.851. The maximum absolute atomic E-state index is 12.3. The average molecular weight is 327 g/mol. The number of hydrogen-bond donors (Lipinski definition) is 1. The minimum atomic E-state index is -0.306. The number of para-hydroxylation sites is 1. The molecule has 2 aliphatic rings. The van der Waals surface area contributed by atoms with Gasteiger partial charge in [-0.2, -0.15) is 0 Å². The standard InChI is InChI=1S/C15H18N2O2S.ClH/c18-14(17-8-4-1-5-9-17)10-13-15(19)16-11-6-2-3-7-12(11)20-13;/h2-3,6-7,13H,1,4-5,8-10H2,(H,16,19);1H. The summed E-state index contributed by atoms with van der Waals surface area (Å²) in [5.74, 6) is 0.0517. The number of nitrogens with zero attached hydrogens (tertiary/aromatic N) is 1. The van der Waals surface area contributed by atoms with E-state index in [9.17, 15) is 9.59 Å². The van der Waals surface area contributed by atoms with Crippen molar-refractivity contribution in [3.8, 4) is 0 Å². The van der Waals surface area contributed by atoms with Gasteiger partial charge in [0.25, 0.3) is 0 Å². The summed E-state index contributed by atoms with van der Waals surface area (Å²) >= 11 is 1.50. The second kappa shape index (κ2) is 7.18. The van der Waals surface area contributed by atoms with Crippen LogP contribution in [0.1, 0.15) is 25.7 Å². The third-order valence-corrected chi connectivity index (χ3v) is 5.05. The lowest BCUT2D eigenvalue weighted by Crippen LogP contribution is -2.39. The van der Waals surface area contributed by atoms with E-state index in [2.05, 4.69) is 5.32 Å². The molecule has 0 bridgehead atoms. The van der Waals surface area contributed by atoms with Crippen molar-refractivity contribution in [3.63, 3.8) is 0 Å². The van der Waals surface area contributed by atoms with E-state index in [0.717, 1.165) is 36.5 Å². The number of carbonyl (C=O) groups excluding carboxylic acids is 2. The maximum Gasteiger partial charge on any atom is 0.238 e. The van der Waals surface area contributed by atoms with Crippen LogP contribution in [-0.2, 0) is 9.59 Å². The predicted octanol–water partition coefficient (Wildman–Crippen LogP) is 2.92. The highest BCUT2D eigenvalue weighted by molar-refractivity contribution is 8.01. The first-order valence-electron chi connectivity index (χ1n) is 7.08. The van der Waals surface area contributed by atoms with Gasteiger partial charge in [-0.05, 0) is 31.4 Å². The monoisotopic (exact) mass is 326 g/mol. The van der Waals surface area contributed by atoms with Gasteiger partial charge >= 0.3 is 0 Å². The van der Waals surface area contributed by atoms with Crippen LogP contribution in [0.3, 0.4) is 0 Å². The number of piperidine rings is 1. The van der Waals surface area contributed by atoms with E-state index in [1.165, 1.54) is 18.2 Å². The minimum Gasteiger partial charge on any atom is -0.343 e. The fourth-order valence-electron chi connectivity index (χ4n) is 2.66. The molecule has 1 unspecified atom stereocenters. The van der Waals surface area contributed by atoms with Crippen molar-refractivity contribution in [1.82, 2.24) is 4.90 Å². The first-order chi connectivity index (χ1) is 9.74. The Labute approximate surface area is 135 Å². The smallest absolute Gasteiger partial charge is 0.238 e. The Bertz CT molecular complexity index is 532. The molecule has 21 heavy (non-hydrogen) atoms. The summed E-state index contributed by atoms with van der Waals surface area (Å²) in [5, 5.41) is 2.58. The number of rotatable bonds is 2. The van der Waals surface area contributed by atoms with Crippen LogP contribution < -0.4 is 5.32 Å². The first-order valence-corrected chi connectivity index (χ1v) is 7.96. The van der Waals surface area contributed by atoms with E-state index in [4.69, 9.17) is 0 Å². The van der Waals surface area contributed by atoms with E-state index in [1.54, 1.807) is 0 Å². The Hall–Kier alpha value is -1.20. The quantitative estimate of drug-likeness (QED) is 0.909. The number of likely N-dealkylation sites (tertiary alicyclic amines) is 1. The molecule has 1 aromatic carbocycles. The SMILES string of the molecule is Cl.O=C1Nc2ccccc2SC1CC(=O)N1CCCCC1. The van der Waals surface area contributed by atoms with Crippen LogP contribution in [0.5, 0.6) is 0 Å². The van der Waals surface area contributed by atoms with Gasteiger partial charge < -0.3 is 10.2 Å². The topological polar surface area (TPSA) is 49.4 Å². The van der Waals surface area contributed by atoms with Crippen molar-refractivity contribution in [2.45, 2.75) is 35.8 Å². The van der Waals surface area contributed by atoms with Gasteiger partial charge in [0.15, 0.2) is 0 Å². The Kier molecular flexibility index (Phi) is 5.53. The molecule has 6 heteroatoms. The minimum absolute atomic E-state index is 0. The van der Waals surface area contributed by atoms with Crippen LogP contribution in [0.15, 0.2) is 29.2 Å².